The zero-order chi connectivity index (χ0) is 33.2. The first-order valence-electron chi connectivity index (χ1n) is 15.5. The van der Waals surface area contributed by atoms with Crippen LogP contribution in [0.4, 0.5) is 15.6 Å². The van der Waals surface area contributed by atoms with Crippen molar-refractivity contribution in [3.8, 4) is 0 Å². The van der Waals surface area contributed by atoms with Gasteiger partial charge in [0.25, 0.3) is 19.9 Å². The second-order valence-electron chi connectivity index (χ2n) is 12.9. The van der Waals surface area contributed by atoms with Crippen LogP contribution >= 0.6 is 11.3 Å². The zero-order valence-electron chi connectivity index (χ0n) is 26.5. The number of non-ortho nitro benzene ring substituents is 1. The molecule has 6 rings (SSSR count). The third kappa shape index (κ3) is 6.78. The summed E-state index contributed by atoms with van der Waals surface area (Å²) in [5, 5.41) is 18.5. The standard InChI is InChI=1S/C34H37N5O6SSi/c1-34(2,3)47(28-10-6-4-7-11-28,29-12-8-5-9-13-29)45-27-20-38(21-27)32-36-30(23-46-32)31(40)37-18-25(19-37)35-33(41)44-22-24-14-16-26(17-15-24)39(42)43/h4-17,23,25,27H,18-22H2,1-3H3,(H,35,41). The summed E-state index contributed by atoms with van der Waals surface area (Å²) in [5.41, 5.74) is 0.998. The number of amides is 2. The molecular formula is C34H37N5O6SSi. The maximum absolute atomic E-state index is 13.1. The summed E-state index contributed by atoms with van der Waals surface area (Å²) in [5.74, 6) is -0.176. The number of benzene rings is 3. The predicted octanol–water partition coefficient (Wildman–Crippen LogP) is 4.57. The Morgan fingerprint density at radius 1 is 0.957 bits per heavy atom. The van der Waals surface area contributed by atoms with Crippen molar-refractivity contribution in [2.24, 2.45) is 0 Å². The number of nitrogens with one attached hydrogen (secondary N) is 1. The summed E-state index contributed by atoms with van der Waals surface area (Å²) in [6.45, 7) is 8.92. The van der Waals surface area contributed by atoms with E-state index in [1.807, 2.05) is 12.1 Å². The van der Waals surface area contributed by atoms with Crippen LogP contribution in [0.3, 0.4) is 0 Å². The minimum absolute atomic E-state index is 0.0128. The predicted molar refractivity (Wildman–Crippen MR) is 183 cm³/mol. The van der Waals surface area contributed by atoms with E-state index >= 15 is 0 Å². The van der Waals surface area contributed by atoms with Crippen LogP contribution in [0.1, 0.15) is 36.8 Å². The number of rotatable bonds is 10. The van der Waals surface area contributed by atoms with Gasteiger partial charge >= 0.3 is 6.09 Å². The lowest BCUT2D eigenvalue weighted by Crippen LogP contribution is -2.70. The number of likely N-dealkylation sites (tertiary alicyclic amines) is 1. The highest BCUT2D eigenvalue weighted by molar-refractivity contribution is 7.14. The fraction of sp³-hybridized carbons (Fsp3) is 0.324. The van der Waals surface area contributed by atoms with Gasteiger partial charge in [0.05, 0.1) is 17.1 Å². The molecule has 2 amide bonds. The summed E-state index contributed by atoms with van der Waals surface area (Å²) in [6.07, 6.45) is -0.573. The number of alkyl carbamates (subject to hydrolysis) is 1. The molecule has 0 bridgehead atoms. The van der Waals surface area contributed by atoms with E-state index in [2.05, 4.69) is 84.5 Å². The molecule has 11 nitrogen and oxygen atoms in total. The number of carbonyl (C=O) groups is 2. The third-order valence-corrected chi connectivity index (χ3v) is 14.6. The van der Waals surface area contributed by atoms with Crippen LogP contribution in [0.5, 0.6) is 0 Å². The Kier molecular flexibility index (Phi) is 9.13. The van der Waals surface area contributed by atoms with Crippen molar-refractivity contribution in [2.45, 2.75) is 44.6 Å². The zero-order valence-corrected chi connectivity index (χ0v) is 28.3. The fourth-order valence-corrected chi connectivity index (χ4v) is 11.6. The maximum Gasteiger partial charge on any atom is 0.407 e. The maximum atomic E-state index is 13.1. The van der Waals surface area contributed by atoms with E-state index < -0.39 is 19.3 Å². The Labute approximate surface area is 278 Å². The molecule has 2 aliphatic heterocycles. The minimum Gasteiger partial charge on any atom is -0.445 e. The lowest BCUT2D eigenvalue weighted by atomic mass is 10.1. The first-order valence-corrected chi connectivity index (χ1v) is 18.3. The molecular weight excluding hydrogens is 635 g/mol. The third-order valence-electron chi connectivity index (χ3n) is 8.60. The van der Waals surface area contributed by atoms with Gasteiger partial charge in [-0.25, -0.2) is 9.78 Å². The molecule has 0 unspecified atom stereocenters. The van der Waals surface area contributed by atoms with E-state index in [0.717, 1.165) is 5.13 Å². The monoisotopic (exact) mass is 671 g/mol. The van der Waals surface area contributed by atoms with Gasteiger partial charge in [0.15, 0.2) is 5.13 Å². The molecule has 4 aromatic rings. The summed E-state index contributed by atoms with van der Waals surface area (Å²) in [7, 11) is -2.65. The molecule has 3 aromatic carbocycles. The van der Waals surface area contributed by atoms with Gasteiger partial charge in [0.1, 0.15) is 12.3 Å². The van der Waals surface area contributed by atoms with Crippen molar-refractivity contribution in [1.82, 2.24) is 15.2 Å². The van der Waals surface area contributed by atoms with E-state index in [1.54, 1.807) is 22.4 Å². The lowest BCUT2D eigenvalue weighted by Gasteiger charge is -2.49. The molecule has 0 spiro atoms. The Morgan fingerprint density at radius 2 is 1.55 bits per heavy atom. The molecule has 0 atom stereocenters. The second-order valence-corrected chi connectivity index (χ2v) is 18.0. The van der Waals surface area contributed by atoms with Crippen LogP contribution in [0, 0.1) is 10.1 Å². The minimum atomic E-state index is -2.65. The number of ether oxygens (including phenoxy) is 1. The molecule has 13 heteroatoms. The van der Waals surface area contributed by atoms with Gasteiger partial charge in [-0.15, -0.1) is 11.3 Å². The summed E-state index contributed by atoms with van der Waals surface area (Å²) >= 11 is 1.45. The average Bonchev–Trinajstić information content (AvgIpc) is 3.51. The largest absolute Gasteiger partial charge is 0.445 e. The highest BCUT2D eigenvalue weighted by Crippen LogP contribution is 2.39. The smallest absolute Gasteiger partial charge is 0.407 e. The molecule has 47 heavy (non-hydrogen) atoms. The second kappa shape index (κ2) is 13.3. The quantitative estimate of drug-likeness (QED) is 0.148. The molecule has 0 radical (unpaired) electrons. The molecule has 2 fully saturated rings. The Morgan fingerprint density at radius 3 is 2.11 bits per heavy atom. The number of nitrogens with zero attached hydrogens (tertiary/aromatic N) is 4. The number of carbonyl (C=O) groups excluding carboxylic acids is 2. The summed E-state index contributed by atoms with van der Waals surface area (Å²) in [6, 6.07) is 26.8. The van der Waals surface area contributed by atoms with Gasteiger partial charge in [0.2, 0.25) is 0 Å². The van der Waals surface area contributed by atoms with Gasteiger partial charge in [-0.1, -0.05) is 81.4 Å². The van der Waals surface area contributed by atoms with Crippen LogP contribution in [-0.2, 0) is 15.8 Å². The van der Waals surface area contributed by atoms with Crippen LogP contribution in [0.15, 0.2) is 90.3 Å². The van der Waals surface area contributed by atoms with Gasteiger partial charge in [-0.2, -0.15) is 0 Å². The van der Waals surface area contributed by atoms with Crippen LogP contribution in [-0.4, -0.2) is 73.4 Å². The van der Waals surface area contributed by atoms with Crippen molar-refractivity contribution >= 4 is 52.8 Å². The van der Waals surface area contributed by atoms with Crippen LogP contribution < -0.4 is 20.6 Å². The summed E-state index contributed by atoms with van der Waals surface area (Å²) in [4.78, 5) is 44.1. The molecule has 244 valence electrons. The van der Waals surface area contributed by atoms with E-state index in [9.17, 15) is 19.7 Å². The van der Waals surface area contributed by atoms with E-state index in [1.165, 1.54) is 33.8 Å². The first kappa shape index (κ1) is 32.4. The van der Waals surface area contributed by atoms with Crippen LogP contribution in [0.2, 0.25) is 5.04 Å². The molecule has 1 aromatic heterocycles. The molecule has 3 heterocycles. The van der Waals surface area contributed by atoms with Gasteiger partial charge in [-0.3, -0.25) is 14.9 Å². The van der Waals surface area contributed by atoms with Crippen molar-refractivity contribution in [1.29, 1.82) is 0 Å². The number of thiazole rings is 1. The van der Waals surface area contributed by atoms with Crippen LogP contribution in [0.25, 0.3) is 0 Å². The Hall–Kier alpha value is -4.59. The van der Waals surface area contributed by atoms with E-state index in [4.69, 9.17) is 9.16 Å². The molecule has 0 saturated carbocycles. The normalized spacial score (nSPS) is 15.5. The Balaban J connectivity index is 1.01. The van der Waals surface area contributed by atoms with Crippen molar-refractivity contribution in [2.75, 3.05) is 31.1 Å². The molecule has 0 aliphatic carbocycles. The number of hydrogen-bond donors (Lipinski definition) is 1. The Bertz CT molecular complexity index is 1680. The highest BCUT2D eigenvalue weighted by atomic mass is 32.1. The number of nitro benzene ring substituents is 1. The highest BCUT2D eigenvalue weighted by Gasteiger charge is 2.52. The summed E-state index contributed by atoms with van der Waals surface area (Å²) < 4.78 is 12.4. The molecule has 1 N–H and O–H groups in total. The fourth-order valence-electron chi connectivity index (χ4n) is 6.09. The number of anilines is 1. The number of aromatic nitrogens is 1. The lowest BCUT2D eigenvalue weighted by molar-refractivity contribution is -0.384. The van der Waals surface area contributed by atoms with Gasteiger partial charge < -0.3 is 24.3 Å². The van der Waals surface area contributed by atoms with Crippen molar-refractivity contribution in [3.63, 3.8) is 0 Å². The topological polar surface area (TPSA) is 127 Å². The van der Waals surface area contributed by atoms with Gasteiger partial charge in [-0.05, 0) is 33.1 Å². The van der Waals surface area contributed by atoms with Crippen molar-refractivity contribution < 1.29 is 23.7 Å². The first-order chi connectivity index (χ1) is 22.5. The molecule has 2 saturated heterocycles. The van der Waals surface area contributed by atoms with E-state index in [-0.39, 0.29) is 35.4 Å². The van der Waals surface area contributed by atoms with Gasteiger partial charge in [0, 0.05) is 43.7 Å². The SMILES string of the molecule is CC(C)(C)[Si](OC1CN(c2nc(C(=O)N3CC(NC(=O)OCc4ccc([N+](=O)[O-])cc4)C3)cs2)C1)(c1ccccc1)c1ccccc1. The molecule has 2 aliphatic rings. The van der Waals surface area contributed by atoms with Crippen molar-refractivity contribution in [3.05, 3.63) is 112 Å². The number of nitro groups is 1. The van der Waals surface area contributed by atoms with E-state index in [0.29, 0.717) is 37.4 Å². The average molecular weight is 672 g/mol. The number of hydrogen-bond acceptors (Lipinski definition) is 9.